The van der Waals surface area contributed by atoms with Crippen molar-refractivity contribution in [1.29, 1.82) is 0 Å². The normalized spacial score (nSPS) is 13.8. The molecule has 3 N–H and O–H groups in total. The molecule has 0 spiro atoms. The van der Waals surface area contributed by atoms with E-state index < -0.39 is 17.6 Å². The number of fused-ring (bicyclic) bond motifs is 1. The van der Waals surface area contributed by atoms with Crippen LogP contribution < -0.4 is 16.2 Å². The van der Waals surface area contributed by atoms with Crippen LogP contribution in [0.3, 0.4) is 0 Å². The number of rotatable bonds is 3. The minimum atomic E-state index is -4.55. The van der Waals surface area contributed by atoms with E-state index >= 15 is 0 Å². The number of H-pyrrole nitrogens is 1. The zero-order chi connectivity index (χ0) is 17.3. The van der Waals surface area contributed by atoms with Gasteiger partial charge in [-0.1, -0.05) is 0 Å². The molecular weight excluding hydrogens is 364 g/mol. The first-order valence-corrected chi connectivity index (χ1v) is 7.27. The number of aromatic amines is 1. The van der Waals surface area contributed by atoms with Gasteiger partial charge in [0.15, 0.2) is 0 Å². The average molecular weight is 379 g/mol. The molecule has 0 saturated carbocycles. The Morgan fingerprint density at radius 2 is 2.04 bits per heavy atom. The number of benzene rings is 1. The Hall–Kier alpha value is -2.13. The lowest BCUT2D eigenvalue weighted by Gasteiger charge is -2.16. The Labute approximate surface area is 146 Å². The van der Waals surface area contributed by atoms with Crippen LogP contribution in [0.5, 0.6) is 0 Å². The predicted molar refractivity (Wildman–Crippen MR) is 86.2 cm³/mol. The Balaban J connectivity index is 0.00000225. The van der Waals surface area contributed by atoms with Crippen LogP contribution in [-0.4, -0.2) is 16.5 Å². The summed E-state index contributed by atoms with van der Waals surface area (Å²) in [5, 5.41) is 5.74. The third-order valence-electron chi connectivity index (χ3n) is 3.76. The fraction of sp³-hybridized carbons (Fsp3) is 0.333. The summed E-state index contributed by atoms with van der Waals surface area (Å²) in [5.41, 5.74) is -0.227. The molecule has 5 nitrogen and oxygen atoms in total. The molecule has 0 fully saturated rings. The summed E-state index contributed by atoms with van der Waals surface area (Å²) in [6.07, 6.45) is -3.99. The maximum atomic E-state index is 13.7. The van der Waals surface area contributed by atoms with E-state index in [0.29, 0.717) is 36.8 Å². The molecule has 0 aliphatic carbocycles. The zero-order valence-electron chi connectivity index (χ0n) is 12.8. The number of hydrogen-bond acceptors (Lipinski definition) is 4. The summed E-state index contributed by atoms with van der Waals surface area (Å²) >= 11 is 0. The molecule has 0 bridgehead atoms. The first kappa shape index (κ1) is 19.2. The number of aromatic nitrogens is 2. The van der Waals surface area contributed by atoms with Crippen molar-refractivity contribution in [2.45, 2.75) is 25.7 Å². The number of halogens is 5. The molecule has 1 aliphatic heterocycles. The van der Waals surface area contributed by atoms with Crippen LogP contribution in [0.4, 0.5) is 23.5 Å². The molecule has 0 unspecified atom stereocenters. The molecule has 0 radical (unpaired) electrons. The van der Waals surface area contributed by atoms with Gasteiger partial charge in [-0.15, -0.1) is 12.4 Å². The lowest BCUT2D eigenvalue weighted by Crippen LogP contribution is -2.31. The van der Waals surface area contributed by atoms with E-state index in [1.165, 1.54) is 0 Å². The van der Waals surface area contributed by atoms with Crippen LogP contribution in [0, 0.1) is 5.82 Å². The molecule has 1 aromatic heterocycles. The molecule has 10 heteroatoms. The lowest BCUT2D eigenvalue weighted by atomic mass is 10.1. The van der Waals surface area contributed by atoms with E-state index in [1.54, 1.807) is 0 Å². The van der Waals surface area contributed by atoms with Crippen molar-refractivity contribution >= 4 is 18.4 Å². The molecule has 0 amide bonds. The van der Waals surface area contributed by atoms with E-state index in [2.05, 4.69) is 20.6 Å². The summed E-state index contributed by atoms with van der Waals surface area (Å²) in [6, 6.07) is 2.19. The summed E-state index contributed by atoms with van der Waals surface area (Å²) < 4.78 is 51.8. The molecule has 0 atom stereocenters. The van der Waals surface area contributed by atoms with Gasteiger partial charge in [0.25, 0.3) is 5.56 Å². The molecular formula is C15H15ClF4N4O. The monoisotopic (exact) mass is 378 g/mol. The Bertz CT molecular complexity index is 822. The minimum absolute atomic E-state index is 0. The second-order valence-corrected chi connectivity index (χ2v) is 5.42. The molecule has 2 heterocycles. The van der Waals surface area contributed by atoms with Crippen molar-refractivity contribution in [3.8, 4) is 0 Å². The number of alkyl halides is 3. The largest absolute Gasteiger partial charge is 0.416 e. The maximum absolute atomic E-state index is 13.7. The topological polar surface area (TPSA) is 69.8 Å². The highest BCUT2D eigenvalue weighted by Gasteiger charge is 2.31. The first-order chi connectivity index (χ1) is 11.3. The van der Waals surface area contributed by atoms with Crippen molar-refractivity contribution in [2.24, 2.45) is 0 Å². The maximum Gasteiger partial charge on any atom is 0.416 e. The van der Waals surface area contributed by atoms with Crippen LogP contribution in [-0.2, 0) is 25.7 Å². The molecule has 1 aliphatic rings. The van der Waals surface area contributed by atoms with Gasteiger partial charge in [-0.2, -0.15) is 13.2 Å². The van der Waals surface area contributed by atoms with Crippen LogP contribution in [0.15, 0.2) is 23.0 Å². The second kappa shape index (κ2) is 7.40. The predicted octanol–water partition coefficient (Wildman–Crippen LogP) is 2.61. The van der Waals surface area contributed by atoms with E-state index in [1.807, 2.05) is 0 Å². The van der Waals surface area contributed by atoms with Crippen molar-refractivity contribution in [2.75, 3.05) is 11.9 Å². The molecule has 0 saturated heterocycles. The fourth-order valence-electron chi connectivity index (χ4n) is 2.52. The molecule has 25 heavy (non-hydrogen) atoms. The highest BCUT2D eigenvalue weighted by molar-refractivity contribution is 5.85. The molecule has 1 aromatic carbocycles. The lowest BCUT2D eigenvalue weighted by molar-refractivity contribution is -0.137. The highest BCUT2D eigenvalue weighted by atomic mass is 35.5. The van der Waals surface area contributed by atoms with Gasteiger partial charge in [-0.3, -0.25) is 9.78 Å². The van der Waals surface area contributed by atoms with Gasteiger partial charge in [0, 0.05) is 24.2 Å². The Morgan fingerprint density at radius 1 is 1.28 bits per heavy atom. The number of anilines is 1. The number of hydrogen-bond donors (Lipinski definition) is 3. The van der Waals surface area contributed by atoms with Crippen molar-refractivity contribution in [3.63, 3.8) is 0 Å². The van der Waals surface area contributed by atoms with Gasteiger partial charge in [0.05, 0.1) is 11.3 Å². The standard InChI is InChI=1S/C15H14F4N4O.ClH/c16-11-2-1-9(15(17,18)19)5-8(11)6-21-14-22-12-7-20-4-3-10(12)13(24)23-14;/h1-2,5,20H,3-4,6-7H2,(H2,21,22,23,24);1H. The van der Waals surface area contributed by atoms with E-state index in [-0.39, 0.29) is 36.0 Å². The Morgan fingerprint density at radius 3 is 2.76 bits per heavy atom. The summed E-state index contributed by atoms with van der Waals surface area (Å²) in [4.78, 5) is 18.7. The van der Waals surface area contributed by atoms with Gasteiger partial charge in [0.1, 0.15) is 5.82 Å². The van der Waals surface area contributed by atoms with E-state index in [4.69, 9.17) is 0 Å². The number of nitrogens with zero attached hydrogens (tertiary/aromatic N) is 1. The third-order valence-corrected chi connectivity index (χ3v) is 3.76. The fourth-order valence-corrected chi connectivity index (χ4v) is 2.52. The van der Waals surface area contributed by atoms with Gasteiger partial charge >= 0.3 is 6.18 Å². The minimum Gasteiger partial charge on any atom is -0.352 e. The summed E-state index contributed by atoms with van der Waals surface area (Å²) in [6.45, 7) is 0.886. The average Bonchev–Trinajstić information content (AvgIpc) is 2.53. The SMILES string of the molecule is Cl.O=c1[nH]c(NCc2cc(C(F)(F)F)ccc2F)nc2c1CCNC2. The smallest absolute Gasteiger partial charge is 0.352 e. The Kier molecular flexibility index (Phi) is 5.69. The first-order valence-electron chi connectivity index (χ1n) is 7.27. The van der Waals surface area contributed by atoms with Crippen LogP contribution >= 0.6 is 12.4 Å². The van der Waals surface area contributed by atoms with Crippen molar-refractivity contribution in [3.05, 3.63) is 56.8 Å². The van der Waals surface area contributed by atoms with E-state index in [0.717, 1.165) is 12.1 Å². The van der Waals surface area contributed by atoms with Gasteiger partial charge < -0.3 is 10.6 Å². The molecule has 136 valence electrons. The van der Waals surface area contributed by atoms with Crippen LogP contribution in [0.25, 0.3) is 0 Å². The van der Waals surface area contributed by atoms with Crippen molar-refractivity contribution in [1.82, 2.24) is 15.3 Å². The molecule has 3 rings (SSSR count). The highest BCUT2D eigenvalue weighted by Crippen LogP contribution is 2.30. The van der Waals surface area contributed by atoms with Crippen LogP contribution in [0.2, 0.25) is 0 Å². The van der Waals surface area contributed by atoms with Gasteiger partial charge in [-0.05, 0) is 31.2 Å². The molecule has 2 aromatic rings. The number of nitrogens with one attached hydrogen (secondary N) is 3. The van der Waals surface area contributed by atoms with Crippen molar-refractivity contribution < 1.29 is 17.6 Å². The van der Waals surface area contributed by atoms with Gasteiger partial charge in [0.2, 0.25) is 5.95 Å². The second-order valence-electron chi connectivity index (χ2n) is 5.42. The summed E-state index contributed by atoms with van der Waals surface area (Å²) in [5.74, 6) is -0.670. The zero-order valence-corrected chi connectivity index (χ0v) is 13.7. The van der Waals surface area contributed by atoms with Gasteiger partial charge in [-0.25, -0.2) is 9.37 Å². The quantitative estimate of drug-likeness (QED) is 0.718. The third kappa shape index (κ3) is 4.29. The van der Waals surface area contributed by atoms with Crippen LogP contribution in [0.1, 0.15) is 22.4 Å². The summed E-state index contributed by atoms with van der Waals surface area (Å²) in [7, 11) is 0. The van der Waals surface area contributed by atoms with E-state index in [9.17, 15) is 22.4 Å².